The Kier molecular flexibility index (Phi) is 3.78. The molecule has 0 fully saturated rings. The van der Waals surface area contributed by atoms with Gasteiger partial charge in [-0.1, -0.05) is 62.4 Å². The minimum Gasteiger partial charge on any atom is -0.331 e. The van der Waals surface area contributed by atoms with Crippen molar-refractivity contribution in [2.45, 2.75) is 32.9 Å². The lowest BCUT2D eigenvalue weighted by Crippen LogP contribution is -2.40. The first-order valence-electron chi connectivity index (χ1n) is 7.59. The summed E-state index contributed by atoms with van der Waals surface area (Å²) >= 11 is 0. The molecule has 1 aliphatic heterocycles. The fourth-order valence-electron chi connectivity index (χ4n) is 3.11. The molecule has 0 aromatic heterocycles. The lowest BCUT2D eigenvalue weighted by atomic mass is 9.95. The summed E-state index contributed by atoms with van der Waals surface area (Å²) in [6.45, 7) is 5.14. The van der Waals surface area contributed by atoms with Crippen molar-refractivity contribution in [3.63, 3.8) is 0 Å². The van der Waals surface area contributed by atoms with Crippen molar-refractivity contribution in [1.82, 2.24) is 4.90 Å². The van der Waals surface area contributed by atoms with Crippen molar-refractivity contribution in [2.24, 2.45) is 5.92 Å². The zero-order valence-electron chi connectivity index (χ0n) is 12.6. The van der Waals surface area contributed by atoms with Crippen LogP contribution in [0.5, 0.6) is 0 Å². The van der Waals surface area contributed by atoms with Crippen LogP contribution in [0.2, 0.25) is 0 Å². The molecule has 0 radical (unpaired) electrons. The highest BCUT2D eigenvalue weighted by Gasteiger charge is 2.33. The molecule has 0 saturated carbocycles. The molecule has 1 atom stereocenters. The predicted molar refractivity (Wildman–Crippen MR) is 85.1 cm³/mol. The molecule has 2 nitrogen and oxygen atoms in total. The Morgan fingerprint density at radius 1 is 1.00 bits per heavy atom. The molecule has 0 bridgehead atoms. The van der Waals surface area contributed by atoms with Crippen LogP contribution in [0.4, 0.5) is 0 Å². The summed E-state index contributed by atoms with van der Waals surface area (Å²) in [4.78, 5) is 14.7. The summed E-state index contributed by atoms with van der Waals surface area (Å²) in [6.07, 6.45) is 0.915. The van der Waals surface area contributed by atoms with E-state index in [1.807, 2.05) is 29.2 Å². The van der Waals surface area contributed by atoms with Gasteiger partial charge >= 0.3 is 0 Å². The highest BCUT2D eigenvalue weighted by Crippen LogP contribution is 2.28. The Morgan fingerprint density at radius 2 is 1.67 bits per heavy atom. The molecule has 1 aliphatic rings. The van der Waals surface area contributed by atoms with Gasteiger partial charge in [0, 0.05) is 18.2 Å². The van der Waals surface area contributed by atoms with Gasteiger partial charge in [-0.05, 0) is 29.5 Å². The molecule has 2 heteroatoms. The lowest BCUT2D eigenvalue weighted by Gasteiger charge is -2.31. The van der Waals surface area contributed by atoms with Gasteiger partial charge in [-0.3, -0.25) is 4.79 Å². The Hall–Kier alpha value is -2.09. The molecule has 0 N–H and O–H groups in total. The van der Waals surface area contributed by atoms with E-state index in [1.165, 1.54) is 5.56 Å². The van der Waals surface area contributed by atoms with E-state index < -0.39 is 0 Å². The van der Waals surface area contributed by atoms with Crippen molar-refractivity contribution in [3.05, 3.63) is 71.3 Å². The van der Waals surface area contributed by atoms with Crippen LogP contribution in [0.15, 0.2) is 54.6 Å². The SMILES string of the molecule is CC(C)C(Cc1ccccc1)N1Cc2ccccc2C1=O. The van der Waals surface area contributed by atoms with E-state index in [1.54, 1.807) is 0 Å². The molecule has 2 aromatic carbocycles. The first kappa shape index (κ1) is 13.9. The molecule has 1 amide bonds. The largest absolute Gasteiger partial charge is 0.331 e. The number of hydrogen-bond donors (Lipinski definition) is 0. The van der Waals surface area contributed by atoms with Crippen LogP contribution in [0.3, 0.4) is 0 Å². The minimum atomic E-state index is 0.181. The molecule has 2 aromatic rings. The third-order valence-electron chi connectivity index (χ3n) is 4.31. The molecular weight excluding hydrogens is 258 g/mol. The second-order valence-corrected chi connectivity index (χ2v) is 6.09. The quantitative estimate of drug-likeness (QED) is 0.831. The fourth-order valence-corrected chi connectivity index (χ4v) is 3.11. The van der Waals surface area contributed by atoms with Gasteiger partial charge in [0.25, 0.3) is 5.91 Å². The first-order chi connectivity index (χ1) is 10.2. The van der Waals surface area contributed by atoms with E-state index >= 15 is 0 Å². The van der Waals surface area contributed by atoms with Crippen LogP contribution >= 0.6 is 0 Å². The van der Waals surface area contributed by atoms with E-state index in [0.29, 0.717) is 5.92 Å². The second-order valence-electron chi connectivity index (χ2n) is 6.09. The third kappa shape index (κ3) is 2.71. The second kappa shape index (κ2) is 5.72. The maximum Gasteiger partial charge on any atom is 0.254 e. The van der Waals surface area contributed by atoms with E-state index in [-0.39, 0.29) is 11.9 Å². The summed E-state index contributed by atoms with van der Waals surface area (Å²) in [5.41, 5.74) is 3.32. The summed E-state index contributed by atoms with van der Waals surface area (Å²) in [6, 6.07) is 18.6. The lowest BCUT2D eigenvalue weighted by molar-refractivity contribution is 0.0650. The average molecular weight is 279 g/mol. The number of nitrogens with zero attached hydrogens (tertiary/aromatic N) is 1. The molecular formula is C19H21NO. The topological polar surface area (TPSA) is 20.3 Å². The van der Waals surface area contributed by atoms with E-state index in [2.05, 4.69) is 44.2 Å². The Balaban J connectivity index is 1.85. The normalized spacial score (nSPS) is 15.4. The number of hydrogen-bond acceptors (Lipinski definition) is 1. The number of fused-ring (bicyclic) bond motifs is 1. The van der Waals surface area contributed by atoms with E-state index in [9.17, 15) is 4.79 Å². The minimum absolute atomic E-state index is 0.181. The van der Waals surface area contributed by atoms with Gasteiger partial charge in [0.2, 0.25) is 0 Å². The summed E-state index contributed by atoms with van der Waals surface area (Å²) in [5.74, 6) is 0.615. The zero-order valence-corrected chi connectivity index (χ0v) is 12.6. The molecule has 108 valence electrons. The number of carbonyl (C=O) groups is 1. The van der Waals surface area contributed by atoms with Gasteiger partial charge in [0.1, 0.15) is 0 Å². The first-order valence-corrected chi connectivity index (χ1v) is 7.59. The van der Waals surface area contributed by atoms with Crippen LogP contribution in [0.1, 0.15) is 35.3 Å². The van der Waals surface area contributed by atoms with Gasteiger partial charge in [-0.25, -0.2) is 0 Å². The maximum absolute atomic E-state index is 12.7. The van der Waals surface area contributed by atoms with Crippen LogP contribution in [0.25, 0.3) is 0 Å². The van der Waals surface area contributed by atoms with E-state index in [0.717, 1.165) is 24.1 Å². The molecule has 1 unspecified atom stereocenters. The molecule has 0 saturated heterocycles. The summed E-state index contributed by atoms with van der Waals surface area (Å²) < 4.78 is 0. The molecule has 1 heterocycles. The van der Waals surface area contributed by atoms with Gasteiger partial charge in [-0.15, -0.1) is 0 Å². The van der Waals surface area contributed by atoms with Gasteiger partial charge < -0.3 is 4.90 Å². The fraction of sp³-hybridized carbons (Fsp3) is 0.316. The standard InChI is InChI=1S/C19H21NO/c1-14(2)18(12-15-8-4-3-5-9-15)20-13-16-10-6-7-11-17(16)19(20)21/h3-11,14,18H,12-13H2,1-2H3. The smallest absolute Gasteiger partial charge is 0.254 e. The third-order valence-corrected chi connectivity index (χ3v) is 4.31. The van der Waals surface area contributed by atoms with Crippen molar-refractivity contribution in [1.29, 1.82) is 0 Å². The number of benzene rings is 2. The van der Waals surface area contributed by atoms with Crippen LogP contribution in [-0.2, 0) is 13.0 Å². The summed E-state index contributed by atoms with van der Waals surface area (Å²) in [5, 5.41) is 0. The predicted octanol–water partition coefficient (Wildman–Crippen LogP) is 3.91. The van der Waals surface area contributed by atoms with Crippen LogP contribution in [-0.4, -0.2) is 16.8 Å². The zero-order chi connectivity index (χ0) is 14.8. The average Bonchev–Trinajstić information content (AvgIpc) is 2.83. The van der Waals surface area contributed by atoms with Crippen molar-refractivity contribution < 1.29 is 4.79 Å². The van der Waals surface area contributed by atoms with Crippen molar-refractivity contribution in [2.75, 3.05) is 0 Å². The molecule has 0 spiro atoms. The summed E-state index contributed by atoms with van der Waals surface area (Å²) in [7, 11) is 0. The van der Waals surface area contributed by atoms with Crippen LogP contribution < -0.4 is 0 Å². The highest BCUT2D eigenvalue weighted by atomic mass is 16.2. The van der Waals surface area contributed by atoms with E-state index in [4.69, 9.17) is 0 Å². The van der Waals surface area contributed by atoms with Gasteiger partial charge in [0.05, 0.1) is 0 Å². The maximum atomic E-state index is 12.7. The number of carbonyl (C=O) groups excluding carboxylic acids is 1. The molecule has 3 rings (SSSR count). The van der Waals surface area contributed by atoms with Gasteiger partial charge in [-0.2, -0.15) is 0 Å². The highest BCUT2D eigenvalue weighted by molar-refractivity contribution is 5.98. The van der Waals surface area contributed by atoms with Crippen molar-refractivity contribution in [3.8, 4) is 0 Å². The number of rotatable bonds is 4. The number of amides is 1. The van der Waals surface area contributed by atoms with Crippen molar-refractivity contribution >= 4 is 5.91 Å². The molecule has 21 heavy (non-hydrogen) atoms. The molecule has 0 aliphatic carbocycles. The Morgan fingerprint density at radius 3 is 2.33 bits per heavy atom. The Bertz CT molecular complexity index is 633. The Labute approximate surface area is 126 Å². The van der Waals surface area contributed by atoms with Gasteiger partial charge in [0.15, 0.2) is 0 Å². The monoisotopic (exact) mass is 279 g/mol. The van der Waals surface area contributed by atoms with Crippen LogP contribution in [0, 0.1) is 5.92 Å².